The fourth-order valence-electron chi connectivity index (χ4n) is 1.36. The van der Waals surface area contributed by atoms with E-state index in [1.54, 1.807) is 25.1 Å². The number of rotatable bonds is 4. The van der Waals surface area contributed by atoms with Crippen molar-refractivity contribution in [1.82, 2.24) is 0 Å². The molecule has 0 radical (unpaired) electrons. The van der Waals surface area contributed by atoms with Crippen LogP contribution in [0.15, 0.2) is 35.9 Å². The molecule has 0 saturated heterocycles. The standard InChI is InChI=1S/C13H14N2O2/c1-10(13(16)17)7-8-15(2)12-6-4-3-5-11(12)9-14/h3-7H,8H2,1-2H3,(H,16,17). The van der Waals surface area contributed by atoms with Crippen LogP contribution in [-0.2, 0) is 4.79 Å². The van der Waals surface area contributed by atoms with Gasteiger partial charge in [-0.1, -0.05) is 18.2 Å². The van der Waals surface area contributed by atoms with Crippen LogP contribution < -0.4 is 4.90 Å². The molecular formula is C13H14N2O2. The zero-order chi connectivity index (χ0) is 12.8. The smallest absolute Gasteiger partial charge is 0.331 e. The van der Waals surface area contributed by atoms with Crippen molar-refractivity contribution >= 4 is 11.7 Å². The molecular weight excluding hydrogens is 216 g/mol. The maximum atomic E-state index is 10.6. The van der Waals surface area contributed by atoms with Crippen LogP contribution in [0.3, 0.4) is 0 Å². The number of nitrogens with zero attached hydrogens (tertiary/aromatic N) is 2. The SMILES string of the molecule is CC(=CCN(C)c1ccccc1C#N)C(=O)O. The maximum Gasteiger partial charge on any atom is 0.331 e. The Labute approximate surface area is 100 Å². The molecule has 17 heavy (non-hydrogen) atoms. The Morgan fingerprint density at radius 2 is 2.18 bits per heavy atom. The van der Waals surface area contributed by atoms with E-state index in [0.717, 1.165) is 5.69 Å². The van der Waals surface area contributed by atoms with E-state index in [-0.39, 0.29) is 0 Å². The predicted molar refractivity (Wildman–Crippen MR) is 65.8 cm³/mol. The summed E-state index contributed by atoms with van der Waals surface area (Å²) in [5, 5.41) is 17.7. The lowest BCUT2D eigenvalue weighted by Crippen LogP contribution is -2.18. The van der Waals surface area contributed by atoms with E-state index in [1.165, 1.54) is 0 Å². The van der Waals surface area contributed by atoms with Crippen LogP contribution in [0.4, 0.5) is 5.69 Å². The molecule has 88 valence electrons. The zero-order valence-corrected chi connectivity index (χ0v) is 9.84. The lowest BCUT2D eigenvalue weighted by molar-refractivity contribution is -0.132. The highest BCUT2D eigenvalue weighted by molar-refractivity contribution is 5.85. The fourth-order valence-corrected chi connectivity index (χ4v) is 1.36. The molecule has 0 saturated carbocycles. The molecule has 1 rings (SSSR count). The largest absolute Gasteiger partial charge is 0.478 e. The molecule has 1 aromatic carbocycles. The van der Waals surface area contributed by atoms with E-state index in [0.29, 0.717) is 17.7 Å². The van der Waals surface area contributed by atoms with Gasteiger partial charge in [-0.25, -0.2) is 4.79 Å². The molecule has 4 heteroatoms. The molecule has 0 unspecified atom stereocenters. The highest BCUT2D eigenvalue weighted by atomic mass is 16.4. The molecule has 0 bridgehead atoms. The molecule has 0 atom stereocenters. The first kappa shape index (κ1) is 12.8. The van der Waals surface area contributed by atoms with Gasteiger partial charge in [0.15, 0.2) is 0 Å². The molecule has 0 fully saturated rings. The third-order valence-corrected chi connectivity index (χ3v) is 2.44. The quantitative estimate of drug-likeness (QED) is 0.804. The van der Waals surface area contributed by atoms with E-state index in [9.17, 15) is 4.79 Å². The summed E-state index contributed by atoms with van der Waals surface area (Å²) < 4.78 is 0. The van der Waals surface area contributed by atoms with Gasteiger partial charge in [-0.15, -0.1) is 0 Å². The first-order chi connectivity index (χ1) is 8.06. The number of likely N-dealkylation sites (N-methyl/N-ethyl adjacent to an activating group) is 1. The number of hydrogen-bond acceptors (Lipinski definition) is 3. The second-order valence-corrected chi connectivity index (χ2v) is 3.70. The van der Waals surface area contributed by atoms with Crippen molar-refractivity contribution < 1.29 is 9.90 Å². The van der Waals surface area contributed by atoms with Crippen LogP contribution >= 0.6 is 0 Å². The summed E-state index contributed by atoms with van der Waals surface area (Å²) >= 11 is 0. The van der Waals surface area contributed by atoms with E-state index < -0.39 is 5.97 Å². The van der Waals surface area contributed by atoms with Gasteiger partial charge >= 0.3 is 5.97 Å². The maximum absolute atomic E-state index is 10.6. The van der Waals surface area contributed by atoms with Gasteiger partial charge in [-0.3, -0.25) is 0 Å². The number of benzene rings is 1. The van der Waals surface area contributed by atoms with E-state index in [1.807, 2.05) is 24.1 Å². The second-order valence-electron chi connectivity index (χ2n) is 3.70. The van der Waals surface area contributed by atoms with Crippen LogP contribution in [0.25, 0.3) is 0 Å². The number of aliphatic carboxylic acids is 1. The number of carboxylic acid groups (broad SMARTS) is 1. The Morgan fingerprint density at radius 3 is 2.76 bits per heavy atom. The van der Waals surface area contributed by atoms with Crippen molar-refractivity contribution in [3.05, 3.63) is 41.5 Å². The summed E-state index contributed by atoms with van der Waals surface area (Å²) in [6.45, 7) is 2.00. The number of carbonyl (C=O) groups is 1. The Balaban J connectivity index is 2.84. The molecule has 0 aliphatic carbocycles. The lowest BCUT2D eigenvalue weighted by Gasteiger charge is -2.18. The summed E-state index contributed by atoms with van der Waals surface area (Å²) in [6.07, 6.45) is 1.62. The molecule has 4 nitrogen and oxygen atoms in total. The minimum absolute atomic E-state index is 0.297. The van der Waals surface area contributed by atoms with E-state index in [4.69, 9.17) is 10.4 Å². The summed E-state index contributed by atoms with van der Waals surface area (Å²) in [6, 6.07) is 9.33. The molecule has 0 spiro atoms. The Morgan fingerprint density at radius 1 is 1.53 bits per heavy atom. The third kappa shape index (κ3) is 3.35. The van der Waals surface area contributed by atoms with Crippen molar-refractivity contribution in [2.24, 2.45) is 0 Å². The van der Waals surface area contributed by atoms with Crippen molar-refractivity contribution in [3.8, 4) is 6.07 Å². The Kier molecular flexibility index (Phi) is 4.29. The first-order valence-electron chi connectivity index (χ1n) is 5.16. The van der Waals surface area contributed by atoms with Crippen LogP contribution in [0.2, 0.25) is 0 Å². The summed E-state index contributed by atoms with van der Waals surface area (Å²) in [4.78, 5) is 12.5. The molecule has 0 aliphatic heterocycles. The minimum Gasteiger partial charge on any atom is -0.478 e. The van der Waals surface area contributed by atoms with Crippen LogP contribution in [-0.4, -0.2) is 24.7 Å². The Bertz CT molecular complexity index is 486. The van der Waals surface area contributed by atoms with Crippen LogP contribution in [0.5, 0.6) is 0 Å². The van der Waals surface area contributed by atoms with E-state index >= 15 is 0 Å². The van der Waals surface area contributed by atoms with Gasteiger partial charge < -0.3 is 10.0 Å². The summed E-state index contributed by atoms with van der Waals surface area (Å²) in [5.41, 5.74) is 1.67. The van der Waals surface area contributed by atoms with Crippen molar-refractivity contribution in [2.45, 2.75) is 6.92 Å². The second kappa shape index (κ2) is 5.71. The van der Waals surface area contributed by atoms with Gasteiger partial charge in [-0.2, -0.15) is 5.26 Å². The molecule has 0 amide bonds. The number of carboxylic acids is 1. The predicted octanol–water partition coefficient (Wildman–Crippen LogP) is 2.03. The molecule has 1 aromatic rings. The topological polar surface area (TPSA) is 64.3 Å². The monoisotopic (exact) mass is 230 g/mol. The van der Waals surface area contributed by atoms with Crippen molar-refractivity contribution in [2.75, 3.05) is 18.5 Å². The average Bonchev–Trinajstić information content (AvgIpc) is 2.35. The average molecular weight is 230 g/mol. The van der Waals surface area contributed by atoms with Gasteiger partial charge in [0.1, 0.15) is 6.07 Å². The number of nitriles is 1. The van der Waals surface area contributed by atoms with Gasteiger partial charge in [0.2, 0.25) is 0 Å². The normalized spacial score (nSPS) is 10.8. The number of hydrogen-bond donors (Lipinski definition) is 1. The molecule has 1 N–H and O–H groups in total. The first-order valence-corrected chi connectivity index (χ1v) is 5.16. The van der Waals surface area contributed by atoms with Crippen molar-refractivity contribution in [3.63, 3.8) is 0 Å². The summed E-state index contributed by atoms with van der Waals surface area (Å²) in [5.74, 6) is -0.924. The number of anilines is 1. The van der Waals surface area contributed by atoms with Gasteiger partial charge in [0.25, 0.3) is 0 Å². The van der Waals surface area contributed by atoms with Crippen LogP contribution in [0.1, 0.15) is 12.5 Å². The Hall–Kier alpha value is -2.28. The molecule has 0 heterocycles. The van der Waals surface area contributed by atoms with E-state index in [2.05, 4.69) is 6.07 Å². The highest BCUT2D eigenvalue weighted by Crippen LogP contribution is 2.17. The lowest BCUT2D eigenvalue weighted by atomic mass is 10.2. The molecule has 0 aromatic heterocycles. The van der Waals surface area contributed by atoms with Gasteiger partial charge in [0.05, 0.1) is 11.3 Å². The highest BCUT2D eigenvalue weighted by Gasteiger charge is 2.06. The van der Waals surface area contributed by atoms with Gasteiger partial charge in [0, 0.05) is 19.2 Å². The zero-order valence-electron chi connectivity index (χ0n) is 9.84. The van der Waals surface area contributed by atoms with Crippen molar-refractivity contribution in [1.29, 1.82) is 5.26 Å². The van der Waals surface area contributed by atoms with Gasteiger partial charge in [-0.05, 0) is 19.1 Å². The number of para-hydroxylation sites is 1. The fraction of sp³-hybridized carbons (Fsp3) is 0.231. The third-order valence-electron chi connectivity index (χ3n) is 2.44. The summed E-state index contributed by atoms with van der Waals surface area (Å²) in [7, 11) is 1.82. The van der Waals surface area contributed by atoms with Crippen LogP contribution in [0, 0.1) is 11.3 Å². The minimum atomic E-state index is -0.924. The molecule has 0 aliphatic rings.